The number of hydrogen-bond acceptors (Lipinski definition) is 3. The van der Waals surface area contributed by atoms with Crippen LogP contribution in [0.4, 0.5) is 0 Å². The number of benzene rings is 1. The monoisotopic (exact) mass is 287 g/mol. The minimum absolute atomic E-state index is 0.105. The van der Waals surface area contributed by atoms with Crippen LogP contribution in [0.2, 0.25) is 0 Å². The summed E-state index contributed by atoms with van der Waals surface area (Å²) >= 11 is 0. The summed E-state index contributed by atoms with van der Waals surface area (Å²) in [4.78, 5) is 12.7. The van der Waals surface area contributed by atoms with Crippen LogP contribution in [0.5, 0.6) is 0 Å². The molecule has 2 aliphatic carbocycles. The Morgan fingerprint density at radius 2 is 1.95 bits per heavy atom. The van der Waals surface area contributed by atoms with E-state index in [4.69, 9.17) is 10.5 Å². The van der Waals surface area contributed by atoms with Crippen LogP contribution < -0.4 is 5.73 Å². The summed E-state index contributed by atoms with van der Waals surface area (Å²) in [6, 6.07) is 9.77. The standard InChI is InChI=1S/C18H25NO2/c1-16(2)14-9-10-17(16,3)18(19,11-14)15(20)21-12-13-7-5-4-6-8-13/h4-8,14H,9-12,19H2,1-3H3/t14-,17-,18+/m1/s1. The van der Waals surface area contributed by atoms with Crippen LogP contribution in [0.1, 0.15) is 45.6 Å². The summed E-state index contributed by atoms with van der Waals surface area (Å²) in [6.07, 6.45) is 2.94. The van der Waals surface area contributed by atoms with Gasteiger partial charge in [-0.05, 0) is 36.2 Å². The molecule has 2 saturated carbocycles. The average molecular weight is 287 g/mol. The maximum atomic E-state index is 12.7. The third-order valence-electron chi connectivity index (χ3n) is 6.57. The Labute approximate surface area is 126 Å². The number of rotatable bonds is 3. The van der Waals surface area contributed by atoms with Crippen LogP contribution in [0.15, 0.2) is 30.3 Å². The van der Waals surface area contributed by atoms with Gasteiger partial charge in [0.15, 0.2) is 0 Å². The second kappa shape index (κ2) is 4.57. The number of carbonyl (C=O) groups excluding carboxylic acids is 1. The lowest BCUT2D eigenvalue weighted by atomic mass is 9.63. The van der Waals surface area contributed by atoms with Crippen molar-refractivity contribution in [2.45, 2.75) is 52.2 Å². The number of esters is 1. The third-order valence-corrected chi connectivity index (χ3v) is 6.57. The second-order valence-corrected chi connectivity index (χ2v) is 7.53. The smallest absolute Gasteiger partial charge is 0.327 e. The van der Waals surface area contributed by atoms with Gasteiger partial charge in [-0.15, -0.1) is 0 Å². The molecule has 1 aromatic rings. The molecule has 3 heteroatoms. The van der Waals surface area contributed by atoms with Gasteiger partial charge < -0.3 is 10.5 Å². The van der Waals surface area contributed by atoms with Gasteiger partial charge >= 0.3 is 5.97 Å². The Morgan fingerprint density at radius 3 is 2.48 bits per heavy atom. The first-order valence-corrected chi connectivity index (χ1v) is 7.81. The molecule has 1 aromatic carbocycles. The second-order valence-electron chi connectivity index (χ2n) is 7.53. The van der Waals surface area contributed by atoms with Gasteiger partial charge in [0.05, 0.1) is 0 Å². The van der Waals surface area contributed by atoms with E-state index in [1.54, 1.807) is 0 Å². The SMILES string of the molecule is CC1(C)[C@@H]2CC[C@@]1(C)[C@@](N)(C(=O)OCc1ccccc1)C2. The lowest BCUT2D eigenvalue weighted by Gasteiger charge is -2.44. The highest BCUT2D eigenvalue weighted by Gasteiger charge is 2.70. The molecule has 0 radical (unpaired) electrons. The van der Waals surface area contributed by atoms with Gasteiger partial charge in [-0.1, -0.05) is 51.1 Å². The lowest BCUT2D eigenvalue weighted by molar-refractivity contribution is -0.158. The summed E-state index contributed by atoms with van der Waals surface area (Å²) in [5.74, 6) is 0.293. The third kappa shape index (κ3) is 1.87. The van der Waals surface area contributed by atoms with Crippen molar-refractivity contribution in [3.05, 3.63) is 35.9 Å². The molecule has 2 fully saturated rings. The Kier molecular flexibility index (Phi) is 3.17. The molecular weight excluding hydrogens is 262 g/mol. The van der Waals surface area contributed by atoms with E-state index in [1.165, 1.54) is 6.42 Å². The van der Waals surface area contributed by atoms with Gasteiger partial charge in [0.1, 0.15) is 12.1 Å². The number of carbonyl (C=O) groups is 1. The van der Waals surface area contributed by atoms with Crippen molar-refractivity contribution in [3.63, 3.8) is 0 Å². The first kappa shape index (κ1) is 14.6. The first-order valence-electron chi connectivity index (χ1n) is 7.81. The zero-order valence-corrected chi connectivity index (χ0v) is 13.2. The molecule has 2 aliphatic rings. The fourth-order valence-electron chi connectivity index (χ4n) is 4.53. The molecule has 21 heavy (non-hydrogen) atoms. The number of ether oxygens (including phenoxy) is 1. The molecule has 0 heterocycles. The number of fused-ring (bicyclic) bond motifs is 2. The summed E-state index contributed by atoms with van der Waals surface area (Å²) < 4.78 is 5.56. The van der Waals surface area contributed by atoms with Crippen LogP contribution in [-0.2, 0) is 16.1 Å². The molecule has 0 aliphatic heterocycles. The van der Waals surface area contributed by atoms with Crippen molar-refractivity contribution in [2.24, 2.45) is 22.5 Å². The number of nitrogens with two attached hydrogens (primary N) is 1. The van der Waals surface area contributed by atoms with Crippen molar-refractivity contribution >= 4 is 5.97 Å². The van der Waals surface area contributed by atoms with E-state index >= 15 is 0 Å². The van der Waals surface area contributed by atoms with Gasteiger partial charge in [-0.3, -0.25) is 4.79 Å². The highest BCUT2D eigenvalue weighted by molar-refractivity contribution is 5.83. The van der Waals surface area contributed by atoms with Gasteiger partial charge in [0.25, 0.3) is 0 Å². The minimum atomic E-state index is -0.839. The van der Waals surface area contributed by atoms with Crippen LogP contribution in [0.25, 0.3) is 0 Å². The molecule has 0 amide bonds. The maximum absolute atomic E-state index is 12.7. The van der Waals surface area contributed by atoms with Crippen molar-refractivity contribution in [3.8, 4) is 0 Å². The maximum Gasteiger partial charge on any atom is 0.327 e. The quantitative estimate of drug-likeness (QED) is 0.868. The highest BCUT2D eigenvalue weighted by Crippen LogP contribution is 2.69. The fraction of sp³-hybridized carbons (Fsp3) is 0.611. The Morgan fingerprint density at radius 1 is 1.29 bits per heavy atom. The average Bonchev–Trinajstić information content (AvgIpc) is 2.78. The van der Waals surface area contributed by atoms with Crippen molar-refractivity contribution in [1.29, 1.82) is 0 Å². The van der Waals surface area contributed by atoms with Crippen molar-refractivity contribution in [1.82, 2.24) is 0 Å². The normalized spacial score (nSPS) is 36.7. The first-order chi connectivity index (χ1) is 9.81. The van der Waals surface area contributed by atoms with E-state index in [2.05, 4.69) is 20.8 Å². The van der Waals surface area contributed by atoms with E-state index in [-0.39, 0.29) is 16.8 Å². The summed E-state index contributed by atoms with van der Waals surface area (Å²) in [6.45, 7) is 6.98. The molecule has 114 valence electrons. The van der Waals surface area contributed by atoms with E-state index in [1.807, 2.05) is 30.3 Å². The van der Waals surface area contributed by atoms with Crippen molar-refractivity contribution < 1.29 is 9.53 Å². The predicted molar refractivity (Wildman–Crippen MR) is 82.4 cm³/mol. The minimum Gasteiger partial charge on any atom is -0.459 e. The van der Waals surface area contributed by atoms with Crippen LogP contribution in [0, 0.1) is 16.7 Å². The van der Waals surface area contributed by atoms with E-state index in [0.29, 0.717) is 12.5 Å². The zero-order chi connectivity index (χ0) is 15.3. The molecule has 0 spiro atoms. The molecular formula is C18H25NO2. The van der Waals surface area contributed by atoms with Crippen LogP contribution in [0.3, 0.4) is 0 Å². The van der Waals surface area contributed by atoms with Crippen LogP contribution >= 0.6 is 0 Å². The lowest BCUT2D eigenvalue weighted by Crippen LogP contribution is -2.60. The Bertz CT molecular complexity index is 554. The molecule has 2 N–H and O–H groups in total. The zero-order valence-electron chi connectivity index (χ0n) is 13.2. The fourth-order valence-corrected chi connectivity index (χ4v) is 4.53. The van der Waals surface area contributed by atoms with E-state index in [9.17, 15) is 4.79 Å². The van der Waals surface area contributed by atoms with Gasteiger partial charge in [-0.2, -0.15) is 0 Å². The van der Waals surface area contributed by atoms with E-state index in [0.717, 1.165) is 18.4 Å². The molecule has 0 unspecified atom stereocenters. The molecule has 0 aromatic heterocycles. The van der Waals surface area contributed by atoms with Crippen molar-refractivity contribution in [2.75, 3.05) is 0 Å². The summed E-state index contributed by atoms with van der Waals surface area (Å²) in [7, 11) is 0. The molecule has 3 rings (SSSR count). The largest absolute Gasteiger partial charge is 0.459 e. The van der Waals surface area contributed by atoms with Gasteiger partial charge in [0.2, 0.25) is 0 Å². The Hall–Kier alpha value is -1.35. The van der Waals surface area contributed by atoms with Crippen LogP contribution in [-0.4, -0.2) is 11.5 Å². The molecule has 3 atom stereocenters. The van der Waals surface area contributed by atoms with E-state index < -0.39 is 5.54 Å². The summed E-state index contributed by atoms with van der Waals surface area (Å²) in [5, 5.41) is 0. The predicted octanol–water partition coefficient (Wildman–Crippen LogP) is 3.27. The molecule has 3 nitrogen and oxygen atoms in total. The summed E-state index contributed by atoms with van der Waals surface area (Å²) in [5.41, 5.74) is 6.69. The number of hydrogen-bond donors (Lipinski definition) is 1. The van der Waals surface area contributed by atoms with Gasteiger partial charge in [0, 0.05) is 5.41 Å². The highest BCUT2D eigenvalue weighted by atomic mass is 16.5. The molecule has 0 saturated heterocycles. The van der Waals surface area contributed by atoms with Gasteiger partial charge in [-0.25, -0.2) is 0 Å². The molecule has 2 bridgehead atoms. The topological polar surface area (TPSA) is 52.3 Å². The Balaban J connectivity index is 1.76.